The number of carbonyl (C=O) groups excluding carboxylic acids is 1. The summed E-state index contributed by atoms with van der Waals surface area (Å²) in [7, 11) is 0. The molecule has 0 aromatic heterocycles. The van der Waals surface area contributed by atoms with Gasteiger partial charge in [0.2, 0.25) is 0 Å². The molecule has 0 spiro atoms. The van der Waals surface area contributed by atoms with Crippen LogP contribution < -0.4 is 17.2 Å². The van der Waals surface area contributed by atoms with Gasteiger partial charge in [-0.3, -0.25) is 0 Å². The van der Waals surface area contributed by atoms with E-state index in [-0.39, 0.29) is 0 Å². The number of ether oxygens (including phenoxy) is 1. The second-order valence-corrected chi connectivity index (χ2v) is 4.59. The number of amides is 1. The highest BCUT2D eigenvalue weighted by molar-refractivity contribution is 5.65. The van der Waals surface area contributed by atoms with Crippen LogP contribution in [-0.2, 0) is 17.7 Å². The molecule has 0 heterocycles. The maximum absolute atomic E-state index is 10.7. The molecule has 0 radical (unpaired) electrons. The fourth-order valence-electron chi connectivity index (χ4n) is 1.75. The summed E-state index contributed by atoms with van der Waals surface area (Å²) >= 11 is 0. The van der Waals surface area contributed by atoms with Gasteiger partial charge in [-0.15, -0.1) is 0 Å². The molecule has 94 valence electrons. The third-order valence-corrected chi connectivity index (χ3v) is 2.43. The lowest BCUT2D eigenvalue weighted by atomic mass is 9.96. The number of hydrogen-bond donors (Lipinski definition) is 3. The highest BCUT2D eigenvalue weighted by Gasteiger charge is 2.22. The predicted molar refractivity (Wildman–Crippen MR) is 67.2 cm³/mol. The number of nitrogen functional groups attached to an aromatic ring is 1. The second-order valence-electron chi connectivity index (χ2n) is 4.59. The lowest BCUT2D eigenvalue weighted by molar-refractivity contribution is 0.0460. The van der Waals surface area contributed by atoms with Crippen LogP contribution in [0.2, 0.25) is 0 Å². The van der Waals surface area contributed by atoms with Gasteiger partial charge in [-0.25, -0.2) is 4.79 Å². The monoisotopic (exact) mass is 237 g/mol. The van der Waals surface area contributed by atoms with Gasteiger partial charge >= 0.3 is 6.09 Å². The minimum atomic E-state index is -0.774. The van der Waals surface area contributed by atoms with Crippen molar-refractivity contribution >= 4 is 11.8 Å². The van der Waals surface area contributed by atoms with E-state index in [2.05, 4.69) is 0 Å². The normalized spacial score (nSPS) is 11.2. The molecule has 0 aliphatic rings. The van der Waals surface area contributed by atoms with Crippen LogP contribution in [0.15, 0.2) is 18.2 Å². The Morgan fingerprint density at radius 3 is 2.59 bits per heavy atom. The Hall–Kier alpha value is -1.75. The maximum atomic E-state index is 10.7. The Balaban J connectivity index is 2.84. The van der Waals surface area contributed by atoms with E-state index in [4.69, 9.17) is 21.9 Å². The smallest absolute Gasteiger partial charge is 0.405 e. The van der Waals surface area contributed by atoms with Gasteiger partial charge in [-0.1, -0.05) is 12.1 Å². The summed E-state index contributed by atoms with van der Waals surface area (Å²) in [5, 5.41) is 0. The third-order valence-electron chi connectivity index (χ3n) is 2.43. The van der Waals surface area contributed by atoms with Crippen molar-refractivity contribution in [3.63, 3.8) is 0 Å². The van der Waals surface area contributed by atoms with E-state index in [9.17, 15) is 4.79 Å². The first-order valence-electron chi connectivity index (χ1n) is 5.40. The summed E-state index contributed by atoms with van der Waals surface area (Å²) in [5.41, 5.74) is 18.3. The summed E-state index contributed by atoms with van der Waals surface area (Å²) < 4.78 is 5.02. The van der Waals surface area contributed by atoms with E-state index in [1.807, 2.05) is 12.1 Å². The predicted octanol–water partition coefficient (Wildman–Crippen LogP) is 1.14. The lowest BCUT2D eigenvalue weighted by Crippen LogP contribution is -2.33. The van der Waals surface area contributed by atoms with Crippen LogP contribution in [0.5, 0.6) is 0 Å². The molecule has 0 saturated carbocycles. The summed E-state index contributed by atoms with van der Waals surface area (Å²) in [4.78, 5) is 10.7. The van der Waals surface area contributed by atoms with Crippen molar-refractivity contribution in [2.24, 2.45) is 11.5 Å². The van der Waals surface area contributed by atoms with E-state index in [0.717, 1.165) is 11.1 Å². The van der Waals surface area contributed by atoms with Crippen molar-refractivity contribution in [2.75, 3.05) is 5.73 Å². The molecule has 17 heavy (non-hydrogen) atoms. The topological polar surface area (TPSA) is 104 Å². The van der Waals surface area contributed by atoms with Crippen molar-refractivity contribution < 1.29 is 9.53 Å². The number of carbonyl (C=O) groups is 1. The fourth-order valence-corrected chi connectivity index (χ4v) is 1.75. The molecule has 0 aliphatic carbocycles. The average Bonchev–Trinajstić information content (AvgIpc) is 2.18. The molecule has 0 atom stereocenters. The van der Waals surface area contributed by atoms with Crippen LogP contribution >= 0.6 is 0 Å². The summed E-state index contributed by atoms with van der Waals surface area (Å²) in [5.74, 6) is 0. The first-order valence-corrected chi connectivity index (χ1v) is 5.40. The van der Waals surface area contributed by atoms with Gasteiger partial charge in [-0.2, -0.15) is 0 Å². The van der Waals surface area contributed by atoms with Crippen molar-refractivity contribution in [1.29, 1.82) is 0 Å². The van der Waals surface area contributed by atoms with Crippen LogP contribution in [-0.4, -0.2) is 11.7 Å². The van der Waals surface area contributed by atoms with Gasteiger partial charge in [-0.05, 0) is 31.0 Å². The quantitative estimate of drug-likeness (QED) is 0.683. The molecule has 5 heteroatoms. The average molecular weight is 237 g/mol. The van der Waals surface area contributed by atoms with Gasteiger partial charge in [0.05, 0.1) is 0 Å². The first kappa shape index (κ1) is 13.3. The second kappa shape index (κ2) is 5.05. The zero-order valence-electron chi connectivity index (χ0n) is 10.2. The molecule has 1 aromatic carbocycles. The van der Waals surface area contributed by atoms with Crippen LogP contribution in [0, 0.1) is 0 Å². The molecule has 1 aromatic rings. The standard InChI is InChI=1S/C12H19N3O2/c1-12(2,17-11(15)16)6-8-3-4-10(14)9(5-8)7-13/h3-5H,6-7,13-14H2,1-2H3,(H2,15,16). The zero-order chi connectivity index (χ0) is 13.1. The molecule has 6 N–H and O–H groups in total. The largest absolute Gasteiger partial charge is 0.443 e. The zero-order valence-corrected chi connectivity index (χ0v) is 10.2. The highest BCUT2D eigenvalue weighted by atomic mass is 16.6. The highest BCUT2D eigenvalue weighted by Crippen LogP contribution is 2.20. The molecule has 0 fully saturated rings. The SMILES string of the molecule is CC(C)(Cc1ccc(N)c(CN)c1)OC(N)=O. The van der Waals surface area contributed by atoms with Crippen LogP contribution in [0.25, 0.3) is 0 Å². The third kappa shape index (κ3) is 3.96. The van der Waals surface area contributed by atoms with Crippen LogP contribution in [0.3, 0.4) is 0 Å². The fraction of sp³-hybridized carbons (Fsp3) is 0.417. The molecule has 1 amide bonds. The number of hydrogen-bond acceptors (Lipinski definition) is 4. The molecule has 1 rings (SSSR count). The Bertz CT molecular complexity index is 416. The van der Waals surface area contributed by atoms with Gasteiger partial charge in [0.25, 0.3) is 0 Å². The molecule has 0 bridgehead atoms. The summed E-state index contributed by atoms with van der Waals surface area (Å²) in [6, 6.07) is 5.61. The number of anilines is 1. The van der Waals surface area contributed by atoms with Crippen molar-refractivity contribution in [2.45, 2.75) is 32.4 Å². The first-order chi connectivity index (χ1) is 7.84. The van der Waals surface area contributed by atoms with Crippen LogP contribution in [0.4, 0.5) is 10.5 Å². The van der Waals surface area contributed by atoms with Crippen molar-refractivity contribution in [3.05, 3.63) is 29.3 Å². The number of primary amides is 1. The van der Waals surface area contributed by atoms with Crippen molar-refractivity contribution in [3.8, 4) is 0 Å². The molecule has 0 saturated heterocycles. The Kier molecular flexibility index (Phi) is 3.96. The molecule has 0 aliphatic heterocycles. The molecular weight excluding hydrogens is 218 g/mol. The van der Waals surface area contributed by atoms with E-state index in [1.165, 1.54) is 0 Å². The Morgan fingerprint density at radius 1 is 1.41 bits per heavy atom. The minimum Gasteiger partial charge on any atom is -0.443 e. The van der Waals surface area contributed by atoms with E-state index in [1.54, 1.807) is 19.9 Å². The van der Waals surface area contributed by atoms with Gasteiger partial charge < -0.3 is 21.9 Å². The van der Waals surface area contributed by atoms with Gasteiger partial charge in [0.1, 0.15) is 5.60 Å². The Labute approximate surface area is 101 Å². The van der Waals surface area contributed by atoms with Crippen molar-refractivity contribution in [1.82, 2.24) is 0 Å². The maximum Gasteiger partial charge on any atom is 0.405 e. The Morgan fingerprint density at radius 2 is 2.06 bits per heavy atom. The molecule has 0 unspecified atom stereocenters. The minimum absolute atomic E-state index is 0.386. The number of benzene rings is 1. The number of rotatable bonds is 4. The van der Waals surface area contributed by atoms with E-state index in [0.29, 0.717) is 18.7 Å². The van der Waals surface area contributed by atoms with Crippen LogP contribution in [0.1, 0.15) is 25.0 Å². The summed E-state index contributed by atoms with van der Waals surface area (Å²) in [6.45, 7) is 3.99. The lowest BCUT2D eigenvalue weighted by Gasteiger charge is -2.24. The van der Waals surface area contributed by atoms with Gasteiger partial charge in [0.15, 0.2) is 0 Å². The van der Waals surface area contributed by atoms with E-state index >= 15 is 0 Å². The molecular formula is C12H19N3O2. The summed E-state index contributed by atoms with van der Waals surface area (Å²) in [6.07, 6.45) is -0.215. The van der Waals surface area contributed by atoms with Gasteiger partial charge in [0, 0.05) is 18.7 Å². The van der Waals surface area contributed by atoms with E-state index < -0.39 is 11.7 Å². The molecule has 5 nitrogen and oxygen atoms in total. The number of nitrogens with two attached hydrogens (primary N) is 3.